The van der Waals surface area contributed by atoms with Gasteiger partial charge in [0.2, 0.25) is 5.95 Å². The number of fused-ring (bicyclic) bond motifs is 2. The standard InChI is InChI=1S/C28H32ClFN6O2S/c1-35(2)18-14-36(15-18)28-32-26-22(27(33-28)34-39(38)9-7-17(31)8-10-39)13-23(29)24(25(26)30)21-12-19(37)11-16-5-3-4-6-20(16)21/h3-6,11,13,17-18,21,37H,7-10,12,14-15,31H2,1-2H3. The minimum Gasteiger partial charge on any atom is -0.512 e. The van der Waals surface area contributed by atoms with E-state index in [2.05, 4.69) is 14.2 Å². The minimum absolute atomic E-state index is 0.00909. The number of anilines is 1. The minimum atomic E-state index is -2.60. The van der Waals surface area contributed by atoms with Gasteiger partial charge < -0.3 is 20.6 Å². The van der Waals surface area contributed by atoms with Crippen LogP contribution in [0.4, 0.5) is 16.2 Å². The maximum atomic E-state index is 16.6. The molecule has 1 aliphatic carbocycles. The van der Waals surface area contributed by atoms with Crippen LogP contribution in [0, 0.1) is 5.82 Å². The van der Waals surface area contributed by atoms with Crippen molar-refractivity contribution in [3.8, 4) is 0 Å². The average Bonchev–Trinajstić information content (AvgIpc) is 2.85. The molecule has 1 atom stereocenters. The molecule has 39 heavy (non-hydrogen) atoms. The zero-order valence-corrected chi connectivity index (χ0v) is 23.6. The lowest BCUT2D eigenvalue weighted by molar-refractivity contribution is 0.245. The quantitative estimate of drug-likeness (QED) is 0.462. The van der Waals surface area contributed by atoms with Gasteiger partial charge >= 0.3 is 0 Å². The number of hydrogen-bond acceptors (Lipinski definition) is 8. The molecule has 206 valence electrons. The first-order valence-electron chi connectivity index (χ1n) is 13.2. The second-order valence-electron chi connectivity index (χ2n) is 11.0. The lowest BCUT2D eigenvalue weighted by Gasteiger charge is -2.42. The van der Waals surface area contributed by atoms with Crippen LogP contribution in [-0.4, -0.2) is 75.0 Å². The first-order chi connectivity index (χ1) is 18.6. The Labute approximate surface area is 232 Å². The molecular weight excluding hydrogens is 539 g/mol. The number of rotatable bonds is 4. The third-order valence-electron chi connectivity index (χ3n) is 8.09. The summed E-state index contributed by atoms with van der Waals surface area (Å²) in [5, 5.41) is 11.0. The fraction of sp³-hybridized carbons (Fsp3) is 0.429. The van der Waals surface area contributed by atoms with Gasteiger partial charge in [-0.25, -0.2) is 13.6 Å². The number of nitrogens with two attached hydrogens (primary N) is 1. The Morgan fingerprint density at radius 3 is 2.64 bits per heavy atom. The van der Waals surface area contributed by atoms with Gasteiger partial charge in [0.05, 0.1) is 20.9 Å². The third kappa shape index (κ3) is 4.88. The molecular formula is C28H32ClFN6O2S. The summed E-state index contributed by atoms with van der Waals surface area (Å²) in [6.07, 6.45) is 3.16. The van der Waals surface area contributed by atoms with E-state index in [-0.39, 0.29) is 40.1 Å². The predicted octanol–water partition coefficient (Wildman–Crippen LogP) is 4.83. The normalized spacial score (nSPS) is 25.4. The molecule has 3 aliphatic rings. The van der Waals surface area contributed by atoms with E-state index in [1.54, 1.807) is 12.1 Å². The average molecular weight is 571 g/mol. The number of nitrogens with zero attached hydrogens (tertiary/aromatic N) is 5. The molecule has 3 aromatic rings. The van der Waals surface area contributed by atoms with Gasteiger partial charge in [0, 0.05) is 59.6 Å². The summed E-state index contributed by atoms with van der Waals surface area (Å²) in [4.78, 5) is 13.5. The topological polar surface area (TPSA) is 108 Å². The van der Waals surface area contributed by atoms with Crippen molar-refractivity contribution in [1.82, 2.24) is 14.9 Å². The van der Waals surface area contributed by atoms with E-state index in [0.29, 0.717) is 54.8 Å². The second kappa shape index (κ2) is 9.99. The van der Waals surface area contributed by atoms with Crippen molar-refractivity contribution < 1.29 is 13.7 Å². The maximum Gasteiger partial charge on any atom is 0.228 e. The van der Waals surface area contributed by atoms with Crippen molar-refractivity contribution in [2.24, 2.45) is 10.1 Å². The number of benzene rings is 2. The fourth-order valence-electron chi connectivity index (χ4n) is 5.60. The molecule has 0 amide bonds. The van der Waals surface area contributed by atoms with E-state index in [9.17, 15) is 9.32 Å². The molecule has 0 spiro atoms. The van der Waals surface area contributed by atoms with Crippen molar-refractivity contribution in [3.05, 3.63) is 63.6 Å². The Balaban J connectivity index is 1.53. The molecule has 2 fully saturated rings. The molecule has 1 aromatic heterocycles. The summed E-state index contributed by atoms with van der Waals surface area (Å²) >= 11 is 6.78. The zero-order valence-electron chi connectivity index (χ0n) is 22.0. The van der Waals surface area contributed by atoms with Crippen LogP contribution < -0.4 is 10.6 Å². The Bertz CT molecular complexity index is 1600. The lowest BCUT2D eigenvalue weighted by Crippen LogP contribution is -2.58. The highest BCUT2D eigenvalue weighted by Gasteiger charge is 2.33. The van der Waals surface area contributed by atoms with Crippen LogP contribution >= 0.6 is 11.6 Å². The van der Waals surface area contributed by atoms with Gasteiger partial charge in [0.25, 0.3) is 0 Å². The Morgan fingerprint density at radius 1 is 1.21 bits per heavy atom. The van der Waals surface area contributed by atoms with Crippen molar-refractivity contribution in [2.45, 2.75) is 37.3 Å². The van der Waals surface area contributed by atoms with Gasteiger partial charge in [-0.15, -0.1) is 0 Å². The summed E-state index contributed by atoms with van der Waals surface area (Å²) in [6, 6.07) is 9.56. The summed E-state index contributed by atoms with van der Waals surface area (Å²) in [5.74, 6) is 0.408. The van der Waals surface area contributed by atoms with Crippen molar-refractivity contribution in [2.75, 3.05) is 43.6 Å². The van der Waals surface area contributed by atoms with Crippen LogP contribution in [-0.2, 0) is 9.73 Å². The third-order valence-corrected chi connectivity index (χ3v) is 10.7. The Hall–Kier alpha value is -2.79. The monoisotopic (exact) mass is 570 g/mol. The Morgan fingerprint density at radius 2 is 1.92 bits per heavy atom. The maximum absolute atomic E-state index is 16.6. The number of aromatic nitrogens is 2. The van der Waals surface area contributed by atoms with Gasteiger partial charge in [-0.1, -0.05) is 35.9 Å². The zero-order chi connectivity index (χ0) is 27.5. The number of likely N-dealkylation sites (N-methyl/N-ethyl adjacent to an activating group) is 1. The molecule has 11 heteroatoms. The van der Waals surface area contributed by atoms with Crippen molar-refractivity contribution >= 4 is 50.1 Å². The van der Waals surface area contributed by atoms with Crippen LogP contribution in [0.5, 0.6) is 0 Å². The molecule has 8 nitrogen and oxygen atoms in total. The van der Waals surface area contributed by atoms with Gasteiger partial charge in [0.1, 0.15) is 5.52 Å². The van der Waals surface area contributed by atoms with Gasteiger partial charge in [0.15, 0.2) is 11.6 Å². The number of hydrogen-bond donors (Lipinski definition) is 2. The van der Waals surface area contributed by atoms with Crippen LogP contribution in [0.15, 0.2) is 40.5 Å². The van der Waals surface area contributed by atoms with E-state index in [1.165, 1.54) is 0 Å². The Kier molecular flexibility index (Phi) is 6.77. The van der Waals surface area contributed by atoms with E-state index >= 15 is 4.39 Å². The fourth-order valence-corrected chi connectivity index (χ4v) is 8.11. The molecule has 0 radical (unpaired) electrons. The summed E-state index contributed by atoms with van der Waals surface area (Å²) in [7, 11) is 1.43. The molecule has 6 rings (SSSR count). The van der Waals surface area contributed by atoms with Crippen molar-refractivity contribution in [3.63, 3.8) is 0 Å². The number of aliphatic hydroxyl groups is 1. The summed E-state index contributed by atoms with van der Waals surface area (Å²) < 4.78 is 34.9. The first-order valence-corrected chi connectivity index (χ1v) is 15.4. The number of halogens is 2. The number of aliphatic hydroxyl groups excluding tert-OH is 1. The molecule has 2 saturated heterocycles. The highest BCUT2D eigenvalue weighted by molar-refractivity contribution is 7.93. The summed E-state index contributed by atoms with van der Waals surface area (Å²) in [5.41, 5.74) is 8.11. The largest absolute Gasteiger partial charge is 0.512 e. The highest BCUT2D eigenvalue weighted by atomic mass is 35.5. The van der Waals surface area contributed by atoms with E-state index < -0.39 is 21.5 Å². The van der Waals surface area contributed by atoms with Crippen LogP contribution in [0.2, 0.25) is 5.02 Å². The van der Waals surface area contributed by atoms with Gasteiger partial charge in [-0.2, -0.15) is 9.35 Å². The number of allylic oxidation sites excluding steroid dienone is 1. The predicted molar refractivity (Wildman–Crippen MR) is 155 cm³/mol. The smallest absolute Gasteiger partial charge is 0.228 e. The highest BCUT2D eigenvalue weighted by Crippen LogP contribution is 2.44. The van der Waals surface area contributed by atoms with Crippen LogP contribution in [0.1, 0.15) is 41.9 Å². The molecule has 2 aliphatic heterocycles. The second-order valence-corrected chi connectivity index (χ2v) is 13.9. The van der Waals surface area contributed by atoms with E-state index in [4.69, 9.17) is 22.3 Å². The molecule has 2 aromatic carbocycles. The first kappa shape index (κ1) is 26.4. The van der Waals surface area contributed by atoms with Crippen LogP contribution in [0.3, 0.4) is 0 Å². The molecule has 1 unspecified atom stereocenters. The summed E-state index contributed by atoms with van der Waals surface area (Å²) in [6.45, 7) is 1.39. The van der Waals surface area contributed by atoms with Gasteiger partial charge in [-0.05, 0) is 50.2 Å². The van der Waals surface area contributed by atoms with Crippen LogP contribution in [0.25, 0.3) is 17.0 Å². The molecule has 0 bridgehead atoms. The van der Waals surface area contributed by atoms with Gasteiger partial charge in [-0.3, -0.25) is 0 Å². The van der Waals surface area contributed by atoms with Crippen molar-refractivity contribution in [1.29, 1.82) is 0 Å². The lowest BCUT2D eigenvalue weighted by atomic mass is 9.81. The molecule has 3 heterocycles. The van der Waals surface area contributed by atoms with E-state index in [1.807, 2.05) is 43.3 Å². The van der Waals surface area contributed by atoms with E-state index in [0.717, 1.165) is 11.1 Å². The SMILES string of the molecule is CN(C)C1CN(c2nc(N=S3(=O)CCC(N)CC3)c3cc(Cl)c(C4CC(O)=Cc5ccccc54)c(F)c3n2)C1. The molecule has 3 N–H and O–H groups in total. The molecule has 0 saturated carbocycles.